The molecule has 0 heterocycles. The van der Waals surface area contributed by atoms with Crippen LogP contribution < -0.4 is 5.73 Å². The van der Waals surface area contributed by atoms with E-state index in [-0.39, 0.29) is 6.04 Å². The van der Waals surface area contributed by atoms with Crippen LogP contribution in [0.3, 0.4) is 0 Å². The van der Waals surface area contributed by atoms with Crippen molar-refractivity contribution in [3.63, 3.8) is 0 Å². The van der Waals surface area contributed by atoms with Gasteiger partial charge in [-0.3, -0.25) is 4.90 Å². The molecule has 1 aromatic rings. The van der Waals surface area contributed by atoms with Crippen LogP contribution in [0, 0.1) is 13.8 Å². The standard InChI is InChI=1S/C18H32N2/c1-6-8-11-20(16(5)7-2)13-18(19)17-10-9-14(3)12-15(17)4/h9-10,12,16,18H,6-8,11,13,19H2,1-5H3. The molecule has 2 atom stereocenters. The number of hydrogen-bond donors (Lipinski definition) is 1. The highest BCUT2D eigenvalue weighted by atomic mass is 15.2. The molecule has 0 aromatic heterocycles. The number of rotatable bonds is 8. The van der Waals surface area contributed by atoms with E-state index < -0.39 is 0 Å². The van der Waals surface area contributed by atoms with Crippen LogP contribution in [0.15, 0.2) is 18.2 Å². The maximum absolute atomic E-state index is 6.47. The van der Waals surface area contributed by atoms with Crippen molar-refractivity contribution in [3.8, 4) is 0 Å². The van der Waals surface area contributed by atoms with Crippen molar-refractivity contribution in [1.29, 1.82) is 0 Å². The van der Waals surface area contributed by atoms with Crippen LogP contribution in [-0.2, 0) is 0 Å². The number of aryl methyl sites for hydroxylation is 2. The monoisotopic (exact) mass is 276 g/mol. The summed E-state index contributed by atoms with van der Waals surface area (Å²) in [5, 5.41) is 0. The van der Waals surface area contributed by atoms with Gasteiger partial charge in [0.15, 0.2) is 0 Å². The van der Waals surface area contributed by atoms with Gasteiger partial charge in [-0.05, 0) is 51.3 Å². The summed E-state index contributed by atoms with van der Waals surface area (Å²) in [6.07, 6.45) is 3.68. The van der Waals surface area contributed by atoms with Gasteiger partial charge < -0.3 is 5.73 Å². The lowest BCUT2D eigenvalue weighted by molar-refractivity contribution is 0.189. The number of nitrogens with two attached hydrogens (primary N) is 1. The zero-order valence-electron chi connectivity index (χ0n) is 13.9. The van der Waals surface area contributed by atoms with Crippen LogP contribution in [0.5, 0.6) is 0 Å². The van der Waals surface area contributed by atoms with Gasteiger partial charge in [0.1, 0.15) is 0 Å². The molecular weight excluding hydrogens is 244 g/mol. The van der Waals surface area contributed by atoms with Crippen molar-refractivity contribution in [2.45, 2.75) is 66.0 Å². The third-order valence-corrected chi connectivity index (χ3v) is 4.27. The van der Waals surface area contributed by atoms with Crippen molar-refractivity contribution < 1.29 is 0 Å². The molecule has 2 N–H and O–H groups in total. The molecule has 2 nitrogen and oxygen atoms in total. The second-order valence-corrected chi connectivity index (χ2v) is 6.07. The molecule has 2 unspecified atom stereocenters. The van der Waals surface area contributed by atoms with Crippen molar-refractivity contribution >= 4 is 0 Å². The lowest BCUT2D eigenvalue weighted by atomic mass is 9.99. The molecule has 2 heteroatoms. The first-order chi connectivity index (χ1) is 9.49. The van der Waals surface area contributed by atoms with Crippen molar-refractivity contribution in [3.05, 3.63) is 34.9 Å². The minimum absolute atomic E-state index is 0.112. The fraction of sp³-hybridized carbons (Fsp3) is 0.667. The largest absolute Gasteiger partial charge is 0.323 e. The van der Waals surface area contributed by atoms with Gasteiger partial charge in [0.25, 0.3) is 0 Å². The van der Waals surface area contributed by atoms with E-state index in [1.54, 1.807) is 0 Å². The Labute approximate surface area is 125 Å². The normalized spacial score (nSPS) is 14.6. The molecule has 1 rings (SSSR count). The number of benzene rings is 1. The van der Waals surface area contributed by atoms with Gasteiger partial charge in [-0.2, -0.15) is 0 Å². The van der Waals surface area contributed by atoms with E-state index in [0.29, 0.717) is 6.04 Å². The van der Waals surface area contributed by atoms with Gasteiger partial charge in [-0.25, -0.2) is 0 Å². The van der Waals surface area contributed by atoms with Crippen LogP contribution in [0.2, 0.25) is 0 Å². The molecule has 20 heavy (non-hydrogen) atoms. The first-order valence-electron chi connectivity index (χ1n) is 8.06. The summed E-state index contributed by atoms with van der Waals surface area (Å²) >= 11 is 0. The van der Waals surface area contributed by atoms with Crippen LogP contribution >= 0.6 is 0 Å². The highest BCUT2D eigenvalue weighted by Gasteiger charge is 2.17. The molecule has 0 fully saturated rings. The highest BCUT2D eigenvalue weighted by Crippen LogP contribution is 2.19. The molecule has 0 amide bonds. The SMILES string of the molecule is CCCCN(CC(N)c1ccc(C)cc1C)C(C)CC. The van der Waals surface area contributed by atoms with E-state index in [9.17, 15) is 0 Å². The summed E-state index contributed by atoms with van der Waals surface area (Å²) in [5.41, 5.74) is 10.4. The van der Waals surface area contributed by atoms with Crippen LogP contribution in [0.4, 0.5) is 0 Å². The number of nitrogens with zero attached hydrogens (tertiary/aromatic N) is 1. The fourth-order valence-electron chi connectivity index (χ4n) is 2.70. The fourth-order valence-corrected chi connectivity index (χ4v) is 2.70. The third kappa shape index (κ3) is 4.92. The van der Waals surface area contributed by atoms with E-state index in [4.69, 9.17) is 5.73 Å². The van der Waals surface area contributed by atoms with Gasteiger partial charge in [0.05, 0.1) is 0 Å². The maximum atomic E-state index is 6.47. The van der Waals surface area contributed by atoms with Crippen molar-refractivity contribution in [2.24, 2.45) is 5.73 Å². The summed E-state index contributed by atoms with van der Waals surface area (Å²) in [7, 11) is 0. The van der Waals surface area contributed by atoms with E-state index >= 15 is 0 Å². The Morgan fingerprint density at radius 3 is 2.45 bits per heavy atom. The minimum Gasteiger partial charge on any atom is -0.323 e. The molecular formula is C18H32N2. The molecule has 0 bridgehead atoms. The molecule has 0 saturated heterocycles. The molecule has 0 aliphatic rings. The average molecular weight is 276 g/mol. The van der Waals surface area contributed by atoms with Crippen LogP contribution in [0.25, 0.3) is 0 Å². The summed E-state index contributed by atoms with van der Waals surface area (Å²) in [4.78, 5) is 2.55. The minimum atomic E-state index is 0.112. The first kappa shape index (κ1) is 17.2. The van der Waals surface area contributed by atoms with Gasteiger partial charge >= 0.3 is 0 Å². The summed E-state index contributed by atoms with van der Waals surface area (Å²) < 4.78 is 0. The van der Waals surface area contributed by atoms with Gasteiger partial charge in [0.2, 0.25) is 0 Å². The van der Waals surface area contributed by atoms with Crippen molar-refractivity contribution in [2.75, 3.05) is 13.1 Å². The Bertz CT molecular complexity index is 400. The quantitative estimate of drug-likeness (QED) is 0.771. The topological polar surface area (TPSA) is 29.3 Å². The zero-order valence-corrected chi connectivity index (χ0v) is 13.9. The van der Waals surface area contributed by atoms with E-state index in [1.807, 2.05) is 0 Å². The highest BCUT2D eigenvalue weighted by molar-refractivity contribution is 5.32. The summed E-state index contributed by atoms with van der Waals surface area (Å²) in [5.74, 6) is 0. The lowest BCUT2D eigenvalue weighted by Crippen LogP contribution is -2.39. The number of hydrogen-bond acceptors (Lipinski definition) is 2. The molecule has 0 aliphatic carbocycles. The molecule has 1 aromatic carbocycles. The Kier molecular flexibility index (Phi) is 7.25. The molecule has 0 aliphatic heterocycles. The average Bonchev–Trinajstić information content (AvgIpc) is 2.42. The first-order valence-corrected chi connectivity index (χ1v) is 8.06. The predicted octanol–water partition coefficient (Wildman–Crippen LogP) is 4.20. The van der Waals surface area contributed by atoms with Gasteiger partial charge in [-0.1, -0.05) is 44.0 Å². The maximum Gasteiger partial charge on any atom is 0.0427 e. The van der Waals surface area contributed by atoms with Crippen LogP contribution in [-0.4, -0.2) is 24.0 Å². The number of unbranched alkanes of at least 4 members (excludes halogenated alkanes) is 1. The van der Waals surface area contributed by atoms with E-state index in [1.165, 1.54) is 36.0 Å². The van der Waals surface area contributed by atoms with Gasteiger partial charge in [-0.15, -0.1) is 0 Å². The second-order valence-electron chi connectivity index (χ2n) is 6.07. The molecule has 0 spiro atoms. The predicted molar refractivity (Wildman–Crippen MR) is 89.1 cm³/mol. The van der Waals surface area contributed by atoms with Crippen molar-refractivity contribution in [1.82, 2.24) is 4.90 Å². The third-order valence-electron chi connectivity index (χ3n) is 4.27. The van der Waals surface area contributed by atoms with E-state index in [2.05, 4.69) is 57.7 Å². The lowest BCUT2D eigenvalue weighted by Gasteiger charge is -2.31. The molecule has 0 saturated carbocycles. The zero-order chi connectivity index (χ0) is 15.1. The second kappa shape index (κ2) is 8.43. The molecule has 0 radical (unpaired) electrons. The Morgan fingerprint density at radius 1 is 1.20 bits per heavy atom. The summed E-state index contributed by atoms with van der Waals surface area (Å²) in [6, 6.07) is 7.32. The van der Waals surface area contributed by atoms with E-state index in [0.717, 1.165) is 13.1 Å². The van der Waals surface area contributed by atoms with Gasteiger partial charge in [0, 0.05) is 18.6 Å². The Balaban J connectivity index is 2.75. The smallest absolute Gasteiger partial charge is 0.0427 e. The molecule has 114 valence electrons. The summed E-state index contributed by atoms with van der Waals surface area (Å²) in [6.45, 7) is 13.2. The Hall–Kier alpha value is -0.860. The Morgan fingerprint density at radius 2 is 1.90 bits per heavy atom. The van der Waals surface area contributed by atoms with Crippen LogP contribution in [0.1, 0.15) is 62.8 Å².